The molecule has 0 aliphatic carbocycles. The molecule has 0 aliphatic rings. The van der Waals surface area contributed by atoms with Gasteiger partial charge in [-0.15, -0.1) is 0 Å². The molecule has 0 radical (unpaired) electrons. The zero-order valence-corrected chi connectivity index (χ0v) is 11.7. The van der Waals surface area contributed by atoms with Crippen molar-refractivity contribution >= 4 is 5.97 Å². The third-order valence-electron chi connectivity index (χ3n) is 3.25. The highest BCUT2D eigenvalue weighted by Crippen LogP contribution is 2.22. The average Bonchev–Trinajstić information content (AvgIpc) is 2.54. The van der Waals surface area contributed by atoms with E-state index in [9.17, 15) is 4.79 Å². The van der Waals surface area contributed by atoms with Crippen molar-refractivity contribution in [1.29, 1.82) is 0 Å². The lowest BCUT2D eigenvalue weighted by Crippen LogP contribution is -2.10. The molecule has 19 heavy (non-hydrogen) atoms. The number of carboxylic acid groups (broad SMARTS) is 1. The van der Waals surface area contributed by atoms with Crippen LogP contribution in [-0.4, -0.2) is 20.6 Å². The molecule has 0 saturated carbocycles. The van der Waals surface area contributed by atoms with E-state index in [1.54, 1.807) is 0 Å². The van der Waals surface area contributed by atoms with Crippen molar-refractivity contribution in [2.75, 3.05) is 0 Å². The van der Waals surface area contributed by atoms with Crippen LogP contribution in [0.4, 0.5) is 0 Å². The zero-order chi connectivity index (χ0) is 14.2. The largest absolute Gasteiger partial charge is 0.481 e. The summed E-state index contributed by atoms with van der Waals surface area (Å²) in [5.41, 5.74) is 4.83. The molecule has 100 valence electrons. The average molecular weight is 258 g/mol. The van der Waals surface area contributed by atoms with E-state index in [-0.39, 0.29) is 6.42 Å². The van der Waals surface area contributed by atoms with E-state index < -0.39 is 5.97 Å². The van der Waals surface area contributed by atoms with E-state index in [0.717, 1.165) is 28.5 Å². The molecule has 4 nitrogen and oxygen atoms in total. The van der Waals surface area contributed by atoms with Crippen LogP contribution >= 0.6 is 0 Å². The van der Waals surface area contributed by atoms with Gasteiger partial charge in [0.05, 0.1) is 17.8 Å². The molecule has 2 aromatic rings. The first-order valence-corrected chi connectivity index (χ1v) is 6.24. The van der Waals surface area contributed by atoms with Gasteiger partial charge in [-0.2, -0.15) is 0 Å². The Hall–Kier alpha value is -2.10. The predicted octanol–water partition coefficient (Wildman–Crippen LogP) is 2.73. The first kappa shape index (κ1) is 13.3. The maximum Gasteiger partial charge on any atom is 0.309 e. The number of rotatable bonds is 3. The number of imidazole rings is 1. The van der Waals surface area contributed by atoms with Crippen LogP contribution in [0, 0.1) is 27.7 Å². The van der Waals surface area contributed by atoms with Gasteiger partial charge in [0.2, 0.25) is 0 Å². The van der Waals surface area contributed by atoms with E-state index in [0.29, 0.717) is 0 Å². The SMILES string of the molecule is Cc1ccc(-n2c(C)nc(C)c2CC(=O)O)c(C)c1. The first-order chi connectivity index (χ1) is 8.90. The standard InChI is InChI=1S/C15H18N2O2/c1-9-5-6-13(10(2)7-9)17-12(4)16-11(3)14(17)8-15(18)19/h5-7H,8H2,1-4H3,(H,18,19). The highest BCUT2D eigenvalue weighted by Gasteiger charge is 2.16. The topological polar surface area (TPSA) is 55.1 Å². The molecule has 1 aromatic carbocycles. The number of aromatic nitrogens is 2. The maximum atomic E-state index is 11.0. The molecule has 1 N–H and O–H groups in total. The summed E-state index contributed by atoms with van der Waals surface area (Å²) in [6.07, 6.45) is -0.0139. The van der Waals surface area contributed by atoms with Crippen molar-refractivity contribution in [2.45, 2.75) is 34.1 Å². The van der Waals surface area contributed by atoms with Gasteiger partial charge in [-0.05, 0) is 39.3 Å². The second-order valence-electron chi connectivity index (χ2n) is 4.89. The van der Waals surface area contributed by atoms with E-state index in [4.69, 9.17) is 5.11 Å². The molecule has 1 heterocycles. The van der Waals surface area contributed by atoms with Crippen molar-refractivity contribution in [2.24, 2.45) is 0 Å². The first-order valence-electron chi connectivity index (χ1n) is 6.24. The normalized spacial score (nSPS) is 10.7. The van der Waals surface area contributed by atoms with Crippen LogP contribution in [0.1, 0.15) is 28.3 Å². The maximum absolute atomic E-state index is 11.0. The lowest BCUT2D eigenvalue weighted by Gasteiger charge is -2.13. The fraction of sp³-hybridized carbons (Fsp3) is 0.333. The molecule has 0 bridgehead atoms. The number of carboxylic acids is 1. The number of hydrogen-bond donors (Lipinski definition) is 1. The number of aryl methyl sites for hydroxylation is 4. The Balaban J connectivity index is 2.64. The summed E-state index contributed by atoms with van der Waals surface area (Å²) >= 11 is 0. The van der Waals surface area contributed by atoms with Crippen molar-refractivity contribution in [3.63, 3.8) is 0 Å². The zero-order valence-electron chi connectivity index (χ0n) is 11.7. The van der Waals surface area contributed by atoms with Crippen molar-refractivity contribution < 1.29 is 9.90 Å². The number of aliphatic carboxylic acids is 1. The highest BCUT2D eigenvalue weighted by molar-refractivity contribution is 5.70. The van der Waals surface area contributed by atoms with Crippen LogP contribution in [0.25, 0.3) is 5.69 Å². The molecular formula is C15H18N2O2. The van der Waals surface area contributed by atoms with E-state index >= 15 is 0 Å². The van der Waals surface area contributed by atoms with Crippen LogP contribution in [0.5, 0.6) is 0 Å². The Morgan fingerprint density at radius 3 is 2.53 bits per heavy atom. The second kappa shape index (κ2) is 4.88. The third-order valence-corrected chi connectivity index (χ3v) is 3.25. The Morgan fingerprint density at radius 1 is 1.26 bits per heavy atom. The number of hydrogen-bond acceptors (Lipinski definition) is 2. The van der Waals surface area contributed by atoms with Crippen molar-refractivity contribution in [3.8, 4) is 5.69 Å². The van der Waals surface area contributed by atoms with Crippen LogP contribution in [0.15, 0.2) is 18.2 Å². The van der Waals surface area contributed by atoms with Crippen LogP contribution in [0.3, 0.4) is 0 Å². The number of nitrogens with zero attached hydrogens (tertiary/aromatic N) is 2. The summed E-state index contributed by atoms with van der Waals surface area (Å²) in [7, 11) is 0. The third kappa shape index (κ3) is 2.52. The monoisotopic (exact) mass is 258 g/mol. The van der Waals surface area contributed by atoms with Gasteiger partial charge < -0.3 is 5.11 Å². The molecular weight excluding hydrogens is 240 g/mol. The lowest BCUT2D eigenvalue weighted by molar-refractivity contribution is -0.136. The molecule has 0 aliphatic heterocycles. The summed E-state index contributed by atoms with van der Waals surface area (Å²) in [5.74, 6) is -0.0188. The van der Waals surface area contributed by atoms with Gasteiger partial charge in [0.15, 0.2) is 0 Å². The highest BCUT2D eigenvalue weighted by atomic mass is 16.4. The second-order valence-corrected chi connectivity index (χ2v) is 4.89. The minimum atomic E-state index is -0.839. The molecule has 0 amide bonds. The van der Waals surface area contributed by atoms with Crippen molar-refractivity contribution in [1.82, 2.24) is 9.55 Å². The minimum Gasteiger partial charge on any atom is -0.481 e. The van der Waals surface area contributed by atoms with Crippen LogP contribution in [-0.2, 0) is 11.2 Å². The Labute approximate surface area is 112 Å². The summed E-state index contributed by atoms with van der Waals surface area (Å²) in [6.45, 7) is 7.82. The number of carbonyl (C=O) groups is 1. The predicted molar refractivity (Wildman–Crippen MR) is 73.9 cm³/mol. The Morgan fingerprint density at radius 2 is 1.95 bits per heavy atom. The van der Waals surface area contributed by atoms with Gasteiger partial charge in [-0.3, -0.25) is 9.36 Å². The number of benzene rings is 1. The summed E-state index contributed by atoms with van der Waals surface area (Å²) in [4.78, 5) is 15.4. The molecule has 0 atom stereocenters. The van der Waals surface area contributed by atoms with Crippen LogP contribution in [0.2, 0.25) is 0 Å². The molecule has 0 fully saturated rings. The van der Waals surface area contributed by atoms with Crippen molar-refractivity contribution in [3.05, 3.63) is 46.5 Å². The summed E-state index contributed by atoms with van der Waals surface area (Å²) in [5, 5.41) is 9.04. The van der Waals surface area contributed by atoms with Gasteiger partial charge in [-0.1, -0.05) is 17.7 Å². The van der Waals surface area contributed by atoms with Crippen LogP contribution < -0.4 is 0 Å². The molecule has 0 saturated heterocycles. The Bertz CT molecular complexity index is 642. The summed E-state index contributed by atoms with van der Waals surface area (Å²) < 4.78 is 1.94. The van der Waals surface area contributed by atoms with E-state index in [2.05, 4.69) is 11.1 Å². The van der Waals surface area contributed by atoms with E-state index in [1.165, 1.54) is 5.56 Å². The molecule has 4 heteroatoms. The molecule has 1 aromatic heterocycles. The summed E-state index contributed by atoms with van der Waals surface area (Å²) in [6, 6.07) is 6.14. The van der Waals surface area contributed by atoms with Gasteiger partial charge in [0.25, 0.3) is 0 Å². The fourth-order valence-electron chi connectivity index (χ4n) is 2.44. The van der Waals surface area contributed by atoms with Gasteiger partial charge >= 0.3 is 5.97 Å². The van der Waals surface area contributed by atoms with E-state index in [1.807, 2.05) is 44.4 Å². The quantitative estimate of drug-likeness (QED) is 0.921. The van der Waals surface area contributed by atoms with Gasteiger partial charge in [0, 0.05) is 5.69 Å². The molecule has 2 rings (SSSR count). The smallest absolute Gasteiger partial charge is 0.309 e. The Kier molecular flexibility index (Phi) is 3.42. The lowest BCUT2D eigenvalue weighted by atomic mass is 10.1. The van der Waals surface area contributed by atoms with Gasteiger partial charge in [0.1, 0.15) is 5.82 Å². The fourth-order valence-corrected chi connectivity index (χ4v) is 2.44. The van der Waals surface area contributed by atoms with Gasteiger partial charge in [-0.25, -0.2) is 4.98 Å². The molecule has 0 spiro atoms. The minimum absolute atomic E-state index is 0.0139. The molecule has 0 unspecified atom stereocenters.